The molecule has 8 bridgehead atoms. The molecule has 0 saturated carbocycles. The summed E-state index contributed by atoms with van der Waals surface area (Å²) in [7, 11) is 0. The highest BCUT2D eigenvalue weighted by atomic mass is 16.5. The first kappa shape index (κ1) is 25.8. The number of piperidine rings is 1. The summed E-state index contributed by atoms with van der Waals surface area (Å²) in [6.45, 7) is 6.64. The smallest absolute Gasteiger partial charge is 0.227 e. The Morgan fingerprint density at radius 1 is 0.923 bits per heavy atom. The molecule has 0 radical (unpaired) electrons. The molecule has 0 unspecified atom stereocenters. The van der Waals surface area contributed by atoms with Gasteiger partial charge in [-0.15, -0.1) is 0 Å². The average Bonchev–Trinajstić information content (AvgIpc) is 2.98. The topological polar surface area (TPSA) is 79.8 Å². The van der Waals surface area contributed by atoms with Gasteiger partial charge in [-0.05, 0) is 80.7 Å². The fourth-order valence-corrected chi connectivity index (χ4v) is 5.81. The van der Waals surface area contributed by atoms with Crippen LogP contribution in [-0.4, -0.2) is 66.7 Å². The molecule has 5 heterocycles. The second-order valence-electron chi connectivity index (χ2n) is 10.7. The van der Waals surface area contributed by atoms with E-state index in [-0.39, 0.29) is 5.92 Å². The monoisotopic (exact) mass is 527 g/mol. The Bertz CT molecular complexity index is 1280. The third kappa shape index (κ3) is 6.40. The summed E-state index contributed by atoms with van der Waals surface area (Å²) < 4.78 is 11.6. The van der Waals surface area contributed by atoms with E-state index in [1.165, 1.54) is 11.3 Å². The van der Waals surface area contributed by atoms with Gasteiger partial charge in [-0.3, -0.25) is 9.69 Å². The van der Waals surface area contributed by atoms with E-state index in [0.717, 1.165) is 94.3 Å². The van der Waals surface area contributed by atoms with Crippen LogP contribution >= 0.6 is 0 Å². The van der Waals surface area contributed by atoms with Gasteiger partial charge in [0, 0.05) is 55.1 Å². The van der Waals surface area contributed by atoms with Crippen LogP contribution in [0.5, 0.6) is 5.75 Å². The molecule has 8 heteroatoms. The number of carbonyl (C=O) groups excluding carboxylic acids is 1. The Kier molecular flexibility index (Phi) is 8.02. The second kappa shape index (κ2) is 12.1. The number of carbonyl (C=O) groups is 1. The number of hydrogen-bond donors (Lipinski definition) is 1. The van der Waals surface area contributed by atoms with Gasteiger partial charge in [-0.1, -0.05) is 12.1 Å². The van der Waals surface area contributed by atoms with Crippen LogP contribution in [0.3, 0.4) is 0 Å². The molecule has 0 aliphatic carbocycles. The number of hydrogen-bond acceptors (Lipinski definition) is 8. The minimum atomic E-state index is 0.183. The van der Waals surface area contributed by atoms with Crippen molar-refractivity contribution in [1.29, 1.82) is 0 Å². The van der Waals surface area contributed by atoms with Crippen LogP contribution in [0, 0.1) is 5.92 Å². The summed E-state index contributed by atoms with van der Waals surface area (Å²) in [6.07, 6.45) is 6.05. The molecule has 4 aliphatic rings. The SMILES string of the molecule is O=C1CCCCOc2cccc(c2)-c2ccnc(n2)Nc2ccc(N3CCOCC3)c(c2)CN2CCC1CC2. The first-order valence-corrected chi connectivity index (χ1v) is 14.3. The predicted octanol–water partition coefficient (Wildman–Crippen LogP) is 5.07. The normalized spacial score (nSPS) is 22.4. The second-order valence-corrected chi connectivity index (χ2v) is 10.7. The van der Waals surface area contributed by atoms with E-state index < -0.39 is 0 Å². The highest BCUT2D eigenvalue weighted by molar-refractivity contribution is 5.81. The molecule has 2 aromatic carbocycles. The Labute approximate surface area is 230 Å². The Morgan fingerprint density at radius 3 is 2.67 bits per heavy atom. The molecule has 8 nitrogen and oxygen atoms in total. The minimum absolute atomic E-state index is 0.183. The van der Waals surface area contributed by atoms with Gasteiger partial charge in [0.15, 0.2) is 0 Å². The molecule has 2 saturated heterocycles. The fraction of sp³-hybridized carbons (Fsp3) is 0.452. The lowest BCUT2D eigenvalue weighted by molar-refractivity contribution is -0.124. The molecule has 0 amide bonds. The van der Waals surface area contributed by atoms with Crippen LogP contribution in [0.4, 0.5) is 17.3 Å². The molecule has 0 atom stereocenters. The maximum Gasteiger partial charge on any atom is 0.227 e. The van der Waals surface area contributed by atoms with Crippen molar-refractivity contribution < 1.29 is 14.3 Å². The molecule has 1 N–H and O–H groups in total. The van der Waals surface area contributed by atoms with E-state index >= 15 is 0 Å². The van der Waals surface area contributed by atoms with Crippen molar-refractivity contribution in [1.82, 2.24) is 14.9 Å². The van der Waals surface area contributed by atoms with E-state index in [1.54, 1.807) is 6.20 Å². The van der Waals surface area contributed by atoms with Crippen molar-refractivity contribution in [3.63, 3.8) is 0 Å². The summed E-state index contributed by atoms with van der Waals surface area (Å²) in [5, 5.41) is 3.44. The number of Topliss-reactive ketones (excluding diaryl/α,β-unsaturated/α-hetero) is 1. The third-order valence-corrected chi connectivity index (χ3v) is 8.00. The average molecular weight is 528 g/mol. The van der Waals surface area contributed by atoms with E-state index in [4.69, 9.17) is 14.5 Å². The number of benzene rings is 2. The van der Waals surface area contributed by atoms with Gasteiger partial charge in [-0.2, -0.15) is 0 Å². The van der Waals surface area contributed by atoms with Gasteiger partial charge in [-0.25, -0.2) is 9.97 Å². The van der Waals surface area contributed by atoms with Gasteiger partial charge in [0.1, 0.15) is 11.5 Å². The molecular formula is C31H37N5O3. The molecule has 1 aromatic heterocycles. The molecule has 4 aliphatic heterocycles. The molecular weight excluding hydrogens is 490 g/mol. The summed E-state index contributed by atoms with van der Waals surface area (Å²) in [4.78, 5) is 27.1. The first-order chi connectivity index (χ1) is 19.2. The molecule has 7 rings (SSSR count). The van der Waals surface area contributed by atoms with Crippen LogP contribution in [-0.2, 0) is 16.1 Å². The number of rotatable bonds is 1. The molecule has 0 spiro atoms. The van der Waals surface area contributed by atoms with Gasteiger partial charge >= 0.3 is 0 Å². The molecule has 39 heavy (non-hydrogen) atoms. The summed E-state index contributed by atoms with van der Waals surface area (Å²) in [6, 6.07) is 16.5. The lowest BCUT2D eigenvalue weighted by Crippen LogP contribution is -2.38. The number of fused-ring (bicyclic) bond motifs is 7. The van der Waals surface area contributed by atoms with E-state index in [2.05, 4.69) is 38.3 Å². The Balaban J connectivity index is 1.31. The van der Waals surface area contributed by atoms with Crippen molar-refractivity contribution in [2.45, 2.75) is 38.6 Å². The van der Waals surface area contributed by atoms with Crippen LogP contribution in [0.2, 0.25) is 0 Å². The number of nitrogens with one attached hydrogen (secondary N) is 1. The zero-order chi connectivity index (χ0) is 26.4. The summed E-state index contributed by atoms with van der Waals surface area (Å²) in [5.41, 5.74) is 5.31. The van der Waals surface area contributed by atoms with Crippen molar-refractivity contribution in [2.75, 3.05) is 56.2 Å². The predicted molar refractivity (Wildman–Crippen MR) is 153 cm³/mol. The summed E-state index contributed by atoms with van der Waals surface area (Å²) in [5.74, 6) is 1.98. The fourth-order valence-electron chi connectivity index (χ4n) is 5.81. The lowest BCUT2D eigenvalue weighted by atomic mass is 9.90. The van der Waals surface area contributed by atoms with E-state index in [0.29, 0.717) is 24.8 Å². The van der Waals surface area contributed by atoms with Gasteiger partial charge < -0.3 is 19.7 Å². The number of anilines is 3. The zero-order valence-corrected chi connectivity index (χ0v) is 22.5. The number of morpholine rings is 1. The quantitative estimate of drug-likeness (QED) is 0.470. The summed E-state index contributed by atoms with van der Waals surface area (Å²) >= 11 is 0. The zero-order valence-electron chi connectivity index (χ0n) is 22.5. The number of nitrogens with zero attached hydrogens (tertiary/aromatic N) is 4. The lowest BCUT2D eigenvalue weighted by Gasteiger charge is -2.34. The standard InChI is InChI=1S/C31H37N5O3/c37-30-6-1-2-17-39-27-5-3-4-24(21-27)28-9-12-32-31(34-28)33-26-7-8-29(36-15-18-38-19-16-36)25(20-26)22-35-13-10-23(30)11-14-35/h3-5,7-9,12,20-21,23H,1-2,6,10-11,13-19,22H2,(H,32,33,34). The van der Waals surface area contributed by atoms with Gasteiger partial charge in [0.05, 0.1) is 25.5 Å². The van der Waals surface area contributed by atoms with Crippen molar-refractivity contribution in [3.8, 4) is 17.0 Å². The number of aromatic nitrogens is 2. The molecule has 2 fully saturated rings. The van der Waals surface area contributed by atoms with Crippen LogP contribution < -0.4 is 15.0 Å². The maximum absolute atomic E-state index is 12.9. The molecule has 3 aromatic rings. The van der Waals surface area contributed by atoms with Crippen LogP contribution in [0.25, 0.3) is 11.3 Å². The van der Waals surface area contributed by atoms with Crippen LogP contribution in [0.1, 0.15) is 37.7 Å². The van der Waals surface area contributed by atoms with Crippen molar-refractivity contribution >= 4 is 23.1 Å². The van der Waals surface area contributed by atoms with Crippen molar-refractivity contribution in [2.24, 2.45) is 5.92 Å². The first-order valence-electron chi connectivity index (χ1n) is 14.3. The minimum Gasteiger partial charge on any atom is -0.494 e. The number of ether oxygens (including phenoxy) is 2. The Morgan fingerprint density at radius 2 is 1.79 bits per heavy atom. The van der Waals surface area contributed by atoms with Crippen LogP contribution in [0.15, 0.2) is 54.7 Å². The van der Waals surface area contributed by atoms with E-state index in [9.17, 15) is 4.79 Å². The van der Waals surface area contributed by atoms with Gasteiger partial charge in [0.25, 0.3) is 0 Å². The van der Waals surface area contributed by atoms with Crippen molar-refractivity contribution in [3.05, 3.63) is 60.3 Å². The highest BCUT2D eigenvalue weighted by Gasteiger charge is 2.26. The van der Waals surface area contributed by atoms with Gasteiger partial charge in [0.2, 0.25) is 5.95 Å². The third-order valence-electron chi connectivity index (χ3n) is 8.00. The largest absolute Gasteiger partial charge is 0.494 e. The van der Waals surface area contributed by atoms with E-state index in [1.807, 2.05) is 30.3 Å². The highest BCUT2D eigenvalue weighted by Crippen LogP contribution is 2.30. The Hall–Kier alpha value is -3.49. The molecule has 204 valence electrons. The number of ketones is 1. The maximum atomic E-state index is 12.9.